The van der Waals surface area contributed by atoms with Crippen LogP contribution in [0.1, 0.15) is 228 Å². The molecule has 0 amide bonds. The molecular formula is C48H69P3. The van der Waals surface area contributed by atoms with Gasteiger partial charge in [-0.15, -0.1) is 0 Å². The van der Waals surface area contributed by atoms with Crippen molar-refractivity contribution in [3.8, 4) is 0 Å². The Morgan fingerprint density at radius 1 is 0.255 bits per heavy atom. The highest BCUT2D eigenvalue weighted by molar-refractivity contribution is 7.83. The van der Waals surface area contributed by atoms with Crippen LogP contribution >= 0.6 is 24.6 Å². The maximum atomic E-state index is 2.54. The van der Waals surface area contributed by atoms with Gasteiger partial charge in [0.05, 0.1) is 0 Å². The van der Waals surface area contributed by atoms with Gasteiger partial charge in [-0.2, -0.15) is 0 Å². The summed E-state index contributed by atoms with van der Waals surface area (Å²) in [5, 5.41) is 9.45. The van der Waals surface area contributed by atoms with Crippen molar-refractivity contribution in [2.24, 2.45) is 0 Å². The summed E-state index contributed by atoms with van der Waals surface area (Å²) in [4.78, 5) is 0. The lowest BCUT2D eigenvalue weighted by molar-refractivity contribution is 0.813. The van der Waals surface area contributed by atoms with Crippen molar-refractivity contribution < 1.29 is 0 Å². The van der Waals surface area contributed by atoms with Crippen molar-refractivity contribution in [1.82, 2.24) is 0 Å². The van der Waals surface area contributed by atoms with E-state index >= 15 is 0 Å². The molecule has 276 valence electrons. The highest BCUT2D eigenvalue weighted by atomic mass is 31.1. The van der Waals surface area contributed by atoms with Gasteiger partial charge in [0.2, 0.25) is 0 Å². The van der Waals surface area contributed by atoms with Crippen LogP contribution in [0, 0.1) is 0 Å². The third-order valence-electron chi connectivity index (χ3n) is 10.6. The Bertz CT molecular complexity index is 1510. The van der Waals surface area contributed by atoms with Gasteiger partial charge in [0.1, 0.15) is 0 Å². The lowest BCUT2D eigenvalue weighted by Crippen LogP contribution is -2.15. The maximum absolute atomic E-state index is 2.54. The predicted octanol–water partition coefficient (Wildman–Crippen LogP) is 14.4. The van der Waals surface area contributed by atoms with E-state index in [4.69, 9.17) is 0 Å². The van der Waals surface area contributed by atoms with E-state index in [0.29, 0.717) is 53.3 Å². The van der Waals surface area contributed by atoms with Gasteiger partial charge in [-0.25, -0.2) is 0 Å². The second-order valence-corrected chi connectivity index (χ2v) is 21.3. The SMILES string of the molecule is CC(C)c1cc(C(C)C)c(P=C2C(=Pc3c(C(C)C)cc(C(C)C)cc3C(C)C)C2=Pc2c(C(C)C)cc(C(C)C)cc2C(C)C)c(C(C)C)c1. The first-order valence-corrected chi connectivity index (χ1v) is 22.7. The van der Waals surface area contributed by atoms with Crippen LogP contribution in [0.2, 0.25) is 0 Å². The van der Waals surface area contributed by atoms with Gasteiger partial charge in [-0.05, 0) is 103 Å². The Labute approximate surface area is 319 Å². The Morgan fingerprint density at radius 3 is 0.529 bits per heavy atom. The minimum absolute atomic E-state index is 0.484. The van der Waals surface area contributed by atoms with Gasteiger partial charge < -0.3 is 0 Å². The Morgan fingerprint density at radius 2 is 0.412 bits per heavy atom. The molecule has 0 aromatic heterocycles. The van der Waals surface area contributed by atoms with Crippen molar-refractivity contribution in [3.05, 3.63) is 86.5 Å². The molecule has 0 spiro atoms. The molecule has 3 aromatic rings. The second kappa shape index (κ2) is 17.1. The van der Waals surface area contributed by atoms with Crippen LogP contribution in [0.5, 0.6) is 0 Å². The molecule has 1 saturated carbocycles. The summed E-state index contributed by atoms with van der Waals surface area (Å²) in [7, 11) is 4.18. The molecular weight excluding hydrogens is 669 g/mol. The fourth-order valence-electron chi connectivity index (χ4n) is 6.95. The molecule has 0 N–H and O–H groups in total. The van der Waals surface area contributed by atoms with Crippen LogP contribution in [0.15, 0.2) is 36.4 Å². The largest absolute Gasteiger partial charge is 0.0587 e. The molecule has 0 heterocycles. The average molecular weight is 739 g/mol. The molecule has 4 rings (SSSR count). The smallest absolute Gasteiger partial charge is 0.0281 e. The second-order valence-electron chi connectivity index (χ2n) is 17.9. The third kappa shape index (κ3) is 9.46. The zero-order valence-corrected chi connectivity index (χ0v) is 38.2. The summed E-state index contributed by atoms with van der Waals surface area (Å²) in [6.07, 6.45) is 0. The predicted molar refractivity (Wildman–Crippen MR) is 241 cm³/mol. The fraction of sp³-hybridized carbons (Fsp3) is 0.562. The molecule has 0 saturated heterocycles. The molecule has 3 heteroatoms. The number of hydrogen-bond donors (Lipinski definition) is 0. The molecule has 1 fully saturated rings. The molecule has 0 aliphatic heterocycles. The van der Waals surface area contributed by atoms with E-state index < -0.39 is 0 Å². The van der Waals surface area contributed by atoms with E-state index in [1.54, 1.807) is 31.8 Å². The van der Waals surface area contributed by atoms with E-state index in [1.165, 1.54) is 74.7 Å². The van der Waals surface area contributed by atoms with Gasteiger partial charge >= 0.3 is 0 Å². The van der Waals surface area contributed by atoms with Crippen LogP contribution < -0.4 is 15.9 Å². The normalized spacial score (nSPS) is 14.1. The Kier molecular flexibility index (Phi) is 14.1. The first-order valence-electron chi connectivity index (χ1n) is 20.0. The lowest BCUT2D eigenvalue weighted by Gasteiger charge is -2.21. The molecule has 1 aliphatic carbocycles. The summed E-state index contributed by atoms with van der Waals surface area (Å²) in [5.41, 5.74) is 13.7. The van der Waals surface area contributed by atoms with Crippen molar-refractivity contribution >= 4 is 56.4 Å². The molecule has 51 heavy (non-hydrogen) atoms. The Hall–Kier alpha value is -1.83. The number of benzene rings is 3. The summed E-state index contributed by atoms with van der Waals surface area (Å²) in [6, 6.07) is 15.2. The highest BCUT2D eigenvalue weighted by Gasteiger charge is 2.35. The van der Waals surface area contributed by atoms with Crippen LogP contribution in [0.25, 0.3) is 0 Å². The zero-order chi connectivity index (χ0) is 38.2. The van der Waals surface area contributed by atoms with Crippen LogP contribution in [0.3, 0.4) is 0 Å². The standard InChI is InChI=1S/C48H69P3/c1-25(2)34-19-37(28(7)8)43(38(20-34)29(9)10)49-46-47(50-44-39(30(11)12)21-35(26(3)4)22-40(44)31(13)14)48(46)51-45-41(32(15)16)23-36(27(5)6)24-42(45)33(17)18/h19-33H,1-18H3. The van der Waals surface area contributed by atoms with E-state index in [1.807, 2.05) is 0 Å². The summed E-state index contributed by atoms with van der Waals surface area (Å²) in [6.45, 7) is 42.8. The van der Waals surface area contributed by atoms with Gasteiger partial charge in [0.15, 0.2) is 0 Å². The van der Waals surface area contributed by atoms with Crippen molar-refractivity contribution in [1.29, 1.82) is 0 Å². The van der Waals surface area contributed by atoms with Crippen molar-refractivity contribution in [3.63, 3.8) is 0 Å². The summed E-state index contributed by atoms with van der Waals surface area (Å²) >= 11 is 0. The molecule has 0 nitrogen and oxygen atoms in total. The lowest BCUT2D eigenvalue weighted by atomic mass is 9.89. The van der Waals surface area contributed by atoms with Crippen molar-refractivity contribution in [2.75, 3.05) is 0 Å². The molecule has 0 bridgehead atoms. The molecule has 0 atom stereocenters. The number of rotatable bonds is 12. The monoisotopic (exact) mass is 738 g/mol. The van der Waals surface area contributed by atoms with Gasteiger partial charge in [0.25, 0.3) is 0 Å². The minimum Gasteiger partial charge on any atom is -0.0587 e. The maximum Gasteiger partial charge on any atom is 0.0281 e. The van der Waals surface area contributed by atoms with E-state index in [2.05, 4.69) is 161 Å². The van der Waals surface area contributed by atoms with Crippen LogP contribution in [-0.4, -0.2) is 15.9 Å². The summed E-state index contributed by atoms with van der Waals surface area (Å²) < 4.78 is 0. The average Bonchev–Trinajstić information content (AvgIpc) is 3.68. The van der Waals surface area contributed by atoms with E-state index in [-0.39, 0.29) is 0 Å². The first-order chi connectivity index (χ1) is 23.7. The summed E-state index contributed by atoms with van der Waals surface area (Å²) in [5.74, 6) is 4.47. The van der Waals surface area contributed by atoms with Gasteiger partial charge in [-0.3, -0.25) is 0 Å². The van der Waals surface area contributed by atoms with Gasteiger partial charge in [-0.1, -0.05) is 186 Å². The number of hydrogen-bond acceptors (Lipinski definition) is 0. The first kappa shape index (κ1) is 41.9. The molecule has 0 radical (unpaired) electrons. The van der Waals surface area contributed by atoms with E-state index in [0.717, 1.165) is 0 Å². The van der Waals surface area contributed by atoms with E-state index in [9.17, 15) is 0 Å². The Balaban J connectivity index is 2.15. The topological polar surface area (TPSA) is 0 Å². The molecule has 0 unspecified atom stereocenters. The highest BCUT2D eigenvalue weighted by Crippen LogP contribution is 2.38. The molecule has 3 aromatic carbocycles. The van der Waals surface area contributed by atoms with Crippen LogP contribution in [-0.2, 0) is 0 Å². The quantitative estimate of drug-likeness (QED) is 0.162. The minimum atomic E-state index is 0.484. The van der Waals surface area contributed by atoms with Crippen molar-refractivity contribution in [2.45, 2.75) is 178 Å². The zero-order valence-electron chi connectivity index (χ0n) is 35.5. The fourth-order valence-corrected chi connectivity index (χ4v) is 12.6. The molecule has 1 aliphatic rings. The van der Waals surface area contributed by atoms with Gasteiger partial charge in [0, 0.05) is 31.8 Å². The third-order valence-corrected chi connectivity index (χ3v) is 15.3. The van der Waals surface area contributed by atoms with Crippen LogP contribution in [0.4, 0.5) is 0 Å².